The predicted octanol–water partition coefficient (Wildman–Crippen LogP) is 1.60. The molecule has 0 aromatic carbocycles. The van der Waals surface area contributed by atoms with Crippen molar-refractivity contribution >= 4 is 17.9 Å². The van der Waals surface area contributed by atoms with E-state index in [1.165, 1.54) is 0 Å². The first-order valence-corrected chi connectivity index (χ1v) is 5.79. The maximum Gasteiger partial charge on any atom is 0.332 e. The van der Waals surface area contributed by atoms with Crippen LogP contribution in [-0.2, 0) is 19.1 Å². The summed E-state index contributed by atoms with van der Waals surface area (Å²) in [6.45, 7) is 2.27. The van der Waals surface area contributed by atoms with E-state index in [2.05, 4.69) is 6.92 Å². The maximum absolute atomic E-state index is 11.2. The van der Waals surface area contributed by atoms with Crippen LogP contribution in [0.15, 0.2) is 11.6 Å². The molecule has 0 spiro atoms. The van der Waals surface area contributed by atoms with Crippen molar-refractivity contribution in [2.24, 2.45) is 0 Å². The first-order chi connectivity index (χ1) is 8.47. The molecule has 0 atom stereocenters. The van der Waals surface area contributed by atoms with Gasteiger partial charge in [-0.05, 0) is 6.42 Å². The van der Waals surface area contributed by atoms with Gasteiger partial charge in [-0.25, -0.2) is 9.59 Å². The molecule has 0 unspecified atom stereocenters. The summed E-state index contributed by atoms with van der Waals surface area (Å²) in [6, 6.07) is 0. The number of carboxylic acids is 2. The molecule has 6 nitrogen and oxygen atoms in total. The second-order valence-corrected chi connectivity index (χ2v) is 3.77. The van der Waals surface area contributed by atoms with Gasteiger partial charge in [0.1, 0.15) is 0 Å². The fourth-order valence-electron chi connectivity index (χ4n) is 1.24. The van der Waals surface area contributed by atoms with Crippen molar-refractivity contribution in [1.29, 1.82) is 0 Å². The van der Waals surface area contributed by atoms with Crippen LogP contribution in [0.4, 0.5) is 0 Å². The highest BCUT2D eigenvalue weighted by molar-refractivity contribution is 5.98. The Morgan fingerprint density at radius 1 is 1.11 bits per heavy atom. The molecule has 2 N–H and O–H groups in total. The smallest absolute Gasteiger partial charge is 0.332 e. The zero-order valence-corrected chi connectivity index (χ0v) is 10.3. The van der Waals surface area contributed by atoms with Gasteiger partial charge in [-0.3, -0.25) is 4.79 Å². The number of hydrogen-bond donors (Lipinski definition) is 2. The molecule has 0 aliphatic carbocycles. The minimum atomic E-state index is -1.43. The van der Waals surface area contributed by atoms with Gasteiger partial charge in [-0.15, -0.1) is 0 Å². The molecule has 0 bridgehead atoms. The fourth-order valence-corrected chi connectivity index (χ4v) is 1.24. The quantitative estimate of drug-likeness (QED) is 0.370. The normalized spacial score (nSPS) is 11.1. The average molecular weight is 258 g/mol. The Kier molecular flexibility index (Phi) is 8.26. The Morgan fingerprint density at radius 2 is 1.78 bits per heavy atom. The topological polar surface area (TPSA) is 101 Å². The average Bonchev–Trinajstić information content (AvgIpc) is 2.27. The molecular formula is C12H18O6. The molecule has 0 radical (unpaired) electrons. The van der Waals surface area contributed by atoms with Crippen LogP contribution in [0.25, 0.3) is 0 Å². The van der Waals surface area contributed by atoms with Crippen molar-refractivity contribution in [3.8, 4) is 0 Å². The van der Waals surface area contributed by atoms with E-state index in [0.717, 1.165) is 31.8 Å². The van der Waals surface area contributed by atoms with Crippen LogP contribution >= 0.6 is 0 Å². The van der Waals surface area contributed by atoms with Crippen molar-refractivity contribution in [2.75, 3.05) is 6.61 Å². The molecule has 0 saturated heterocycles. The third-order valence-corrected chi connectivity index (χ3v) is 2.15. The summed E-state index contributed by atoms with van der Waals surface area (Å²) in [4.78, 5) is 32.2. The van der Waals surface area contributed by atoms with Crippen molar-refractivity contribution in [3.63, 3.8) is 0 Å². The first kappa shape index (κ1) is 16.1. The second kappa shape index (κ2) is 9.21. The van der Waals surface area contributed by atoms with Crippen molar-refractivity contribution < 1.29 is 29.3 Å². The number of ether oxygens (including phenoxy) is 1. The summed E-state index contributed by atoms with van der Waals surface area (Å²) in [7, 11) is 0. The molecule has 18 heavy (non-hydrogen) atoms. The van der Waals surface area contributed by atoms with E-state index in [4.69, 9.17) is 14.9 Å². The van der Waals surface area contributed by atoms with Crippen molar-refractivity contribution in [3.05, 3.63) is 11.6 Å². The summed E-state index contributed by atoms with van der Waals surface area (Å²) in [5, 5.41) is 17.1. The van der Waals surface area contributed by atoms with E-state index in [1.54, 1.807) is 0 Å². The lowest BCUT2D eigenvalue weighted by Crippen LogP contribution is -2.11. The lowest BCUT2D eigenvalue weighted by molar-refractivity contribution is -0.140. The second-order valence-electron chi connectivity index (χ2n) is 3.77. The van der Waals surface area contributed by atoms with Crippen molar-refractivity contribution in [1.82, 2.24) is 0 Å². The zero-order chi connectivity index (χ0) is 14.0. The third kappa shape index (κ3) is 8.32. The number of carbonyl (C=O) groups is 3. The highest BCUT2D eigenvalue weighted by Gasteiger charge is 2.14. The van der Waals surface area contributed by atoms with E-state index >= 15 is 0 Å². The van der Waals surface area contributed by atoms with Gasteiger partial charge in [-0.2, -0.15) is 0 Å². The van der Waals surface area contributed by atoms with Crippen LogP contribution in [0.2, 0.25) is 0 Å². The summed E-state index contributed by atoms with van der Waals surface area (Å²) >= 11 is 0. The number of unbranched alkanes of at least 4 members (excludes halogenated alkanes) is 3. The summed E-state index contributed by atoms with van der Waals surface area (Å²) in [5.41, 5.74) is -0.485. The van der Waals surface area contributed by atoms with Gasteiger partial charge in [0.2, 0.25) is 0 Å². The van der Waals surface area contributed by atoms with Crippen LogP contribution in [-0.4, -0.2) is 34.7 Å². The van der Waals surface area contributed by atoms with Crippen LogP contribution in [0.1, 0.15) is 39.0 Å². The Bertz CT molecular complexity index is 331. The van der Waals surface area contributed by atoms with Gasteiger partial charge in [0, 0.05) is 6.08 Å². The maximum atomic E-state index is 11.2. The zero-order valence-electron chi connectivity index (χ0n) is 10.3. The Labute approximate surface area is 105 Å². The molecule has 6 heteroatoms. The number of esters is 1. The summed E-state index contributed by atoms with van der Waals surface area (Å²) in [5.74, 6) is -3.55. The summed E-state index contributed by atoms with van der Waals surface area (Å²) < 4.78 is 4.78. The molecule has 102 valence electrons. The molecule has 0 aromatic heterocycles. The van der Waals surface area contributed by atoms with Crippen LogP contribution in [0.3, 0.4) is 0 Å². The molecule has 0 aliphatic heterocycles. The van der Waals surface area contributed by atoms with Gasteiger partial charge in [0.15, 0.2) is 0 Å². The Hall–Kier alpha value is -1.85. The van der Waals surface area contributed by atoms with Gasteiger partial charge in [0.25, 0.3) is 0 Å². The van der Waals surface area contributed by atoms with Gasteiger partial charge >= 0.3 is 17.9 Å². The third-order valence-electron chi connectivity index (χ3n) is 2.15. The minimum Gasteiger partial charge on any atom is -0.481 e. The van der Waals surface area contributed by atoms with E-state index in [-0.39, 0.29) is 6.61 Å². The van der Waals surface area contributed by atoms with E-state index in [0.29, 0.717) is 0 Å². The molecule has 0 heterocycles. The first-order valence-electron chi connectivity index (χ1n) is 5.79. The van der Waals surface area contributed by atoms with Crippen molar-refractivity contribution in [2.45, 2.75) is 39.0 Å². The predicted molar refractivity (Wildman–Crippen MR) is 63.1 cm³/mol. The summed E-state index contributed by atoms with van der Waals surface area (Å²) in [6.07, 6.45) is 3.78. The van der Waals surface area contributed by atoms with E-state index in [9.17, 15) is 14.4 Å². The molecule has 0 aromatic rings. The Balaban J connectivity index is 4.14. The molecule has 0 rings (SSSR count). The monoisotopic (exact) mass is 258 g/mol. The number of rotatable bonds is 9. The lowest BCUT2D eigenvalue weighted by atomic mass is 10.2. The molecule has 0 aliphatic rings. The lowest BCUT2D eigenvalue weighted by Gasteiger charge is -2.02. The van der Waals surface area contributed by atoms with E-state index < -0.39 is 29.9 Å². The largest absolute Gasteiger partial charge is 0.481 e. The molecule has 0 fully saturated rings. The highest BCUT2D eigenvalue weighted by atomic mass is 16.5. The standard InChI is InChI=1S/C12H18O6/c1-2-3-4-5-6-18-11(15)8-9(12(16)17)7-10(13)14/h8H,2-7H2,1H3,(H,13,14)(H,16,17). The molecular weight excluding hydrogens is 240 g/mol. The number of carbonyl (C=O) groups excluding carboxylic acids is 1. The molecule has 0 amide bonds. The molecule has 0 saturated carbocycles. The number of hydrogen-bond acceptors (Lipinski definition) is 4. The van der Waals surface area contributed by atoms with Crippen LogP contribution < -0.4 is 0 Å². The number of aliphatic carboxylic acids is 2. The van der Waals surface area contributed by atoms with Crippen LogP contribution in [0, 0.1) is 0 Å². The van der Waals surface area contributed by atoms with E-state index in [1.807, 2.05) is 0 Å². The Morgan fingerprint density at radius 3 is 2.28 bits per heavy atom. The van der Waals surface area contributed by atoms with Gasteiger partial charge < -0.3 is 14.9 Å². The van der Waals surface area contributed by atoms with Crippen LogP contribution in [0.5, 0.6) is 0 Å². The SMILES string of the molecule is CCCCCCOC(=O)C=C(CC(=O)O)C(=O)O. The highest BCUT2D eigenvalue weighted by Crippen LogP contribution is 2.04. The number of carboxylic acid groups (broad SMARTS) is 2. The fraction of sp³-hybridized carbons (Fsp3) is 0.583. The minimum absolute atomic E-state index is 0.218. The van der Waals surface area contributed by atoms with Gasteiger partial charge in [-0.1, -0.05) is 26.2 Å². The van der Waals surface area contributed by atoms with Gasteiger partial charge in [0.05, 0.1) is 18.6 Å².